The van der Waals surface area contributed by atoms with E-state index < -0.39 is 0 Å². The second-order valence-electron chi connectivity index (χ2n) is 11.3. The summed E-state index contributed by atoms with van der Waals surface area (Å²) in [4.78, 5) is 22.6. The molecule has 0 amide bonds. The lowest BCUT2D eigenvalue weighted by Crippen LogP contribution is -2.03. The van der Waals surface area contributed by atoms with Crippen LogP contribution in [0.5, 0.6) is 0 Å². The monoisotopic (exact) mass is 538 g/mol. The van der Waals surface area contributed by atoms with Crippen molar-refractivity contribution in [2.45, 2.75) is 194 Å². The van der Waals surface area contributed by atoms with E-state index in [1.807, 2.05) is 13.8 Å². The Morgan fingerprint density at radius 3 is 0.632 bits per heavy atom. The summed E-state index contributed by atoms with van der Waals surface area (Å²) in [6.45, 7) is 4.75. The van der Waals surface area contributed by atoms with Gasteiger partial charge in [-0.3, -0.25) is 9.59 Å². The standard InChI is InChI=1S/C34H66O4/c1-3-37-33(35)31-29-27-25-23-21-19-17-15-13-11-9-7-5-6-8-10-12-14-16-18-20-22-24-26-28-30-32-34(36)38-4-2/h3-32H2,1-2H3. The Kier molecular flexibility index (Phi) is 31.3. The molecule has 0 unspecified atom stereocenters. The maximum atomic E-state index is 11.3. The van der Waals surface area contributed by atoms with Gasteiger partial charge in [0.25, 0.3) is 0 Å². The molecule has 0 aromatic carbocycles. The van der Waals surface area contributed by atoms with Crippen molar-refractivity contribution in [2.24, 2.45) is 0 Å². The van der Waals surface area contributed by atoms with Crippen molar-refractivity contribution in [3.05, 3.63) is 0 Å². The van der Waals surface area contributed by atoms with Gasteiger partial charge < -0.3 is 9.47 Å². The summed E-state index contributed by atoms with van der Waals surface area (Å²) in [5.74, 6) is -0.0662. The van der Waals surface area contributed by atoms with Gasteiger partial charge in [0.15, 0.2) is 0 Å². The highest BCUT2D eigenvalue weighted by Gasteiger charge is 2.02. The van der Waals surface area contributed by atoms with Crippen molar-refractivity contribution in [1.29, 1.82) is 0 Å². The van der Waals surface area contributed by atoms with E-state index in [-0.39, 0.29) is 11.9 Å². The van der Waals surface area contributed by atoms with Crippen LogP contribution in [-0.4, -0.2) is 25.2 Å². The summed E-state index contributed by atoms with van der Waals surface area (Å²) in [7, 11) is 0. The predicted octanol–water partition coefficient (Wildman–Crippen LogP) is 11.0. The Balaban J connectivity index is 3.07. The van der Waals surface area contributed by atoms with Crippen molar-refractivity contribution in [1.82, 2.24) is 0 Å². The molecule has 0 spiro atoms. The van der Waals surface area contributed by atoms with Crippen LogP contribution in [0.4, 0.5) is 0 Å². The molecule has 0 saturated heterocycles. The van der Waals surface area contributed by atoms with Gasteiger partial charge in [-0.1, -0.05) is 154 Å². The maximum Gasteiger partial charge on any atom is 0.305 e. The van der Waals surface area contributed by atoms with E-state index in [0.29, 0.717) is 26.1 Å². The molecule has 0 N–H and O–H groups in total. The van der Waals surface area contributed by atoms with E-state index in [1.165, 1.54) is 154 Å². The molecule has 226 valence electrons. The molecule has 0 aliphatic carbocycles. The molecule has 0 radical (unpaired) electrons. The van der Waals surface area contributed by atoms with E-state index >= 15 is 0 Å². The fourth-order valence-electron chi connectivity index (χ4n) is 5.25. The van der Waals surface area contributed by atoms with Crippen LogP contribution in [-0.2, 0) is 19.1 Å². The normalized spacial score (nSPS) is 11.1. The first-order valence-corrected chi connectivity index (χ1v) is 17.0. The first-order chi connectivity index (χ1) is 18.7. The molecular weight excluding hydrogens is 472 g/mol. The van der Waals surface area contributed by atoms with Gasteiger partial charge in [-0.15, -0.1) is 0 Å². The highest BCUT2D eigenvalue weighted by Crippen LogP contribution is 2.16. The van der Waals surface area contributed by atoms with Gasteiger partial charge in [-0.25, -0.2) is 0 Å². The van der Waals surface area contributed by atoms with E-state index in [9.17, 15) is 9.59 Å². The van der Waals surface area contributed by atoms with Crippen molar-refractivity contribution < 1.29 is 19.1 Å². The lowest BCUT2D eigenvalue weighted by Gasteiger charge is -2.05. The van der Waals surface area contributed by atoms with Crippen LogP contribution in [0, 0.1) is 0 Å². The fourth-order valence-corrected chi connectivity index (χ4v) is 5.25. The number of unbranched alkanes of at least 4 members (excludes halogenated alkanes) is 25. The molecule has 4 nitrogen and oxygen atoms in total. The minimum atomic E-state index is -0.0331. The van der Waals surface area contributed by atoms with Crippen molar-refractivity contribution in [3.63, 3.8) is 0 Å². The first-order valence-electron chi connectivity index (χ1n) is 17.0. The Hall–Kier alpha value is -1.06. The molecule has 0 aromatic heterocycles. The number of carbonyl (C=O) groups is 2. The molecule has 0 heterocycles. The maximum absolute atomic E-state index is 11.3. The van der Waals surface area contributed by atoms with Crippen LogP contribution in [0.3, 0.4) is 0 Å². The molecule has 0 fully saturated rings. The molecule has 0 bridgehead atoms. The highest BCUT2D eigenvalue weighted by atomic mass is 16.5. The zero-order valence-corrected chi connectivity index (χ0v) is 25.8. The molecule has 4 heteroatoms. The third kappa shape index (κ3) is 31.2. The number of ether oxygens (including phenoxy) is 2. The number of rotatable bonds is 31. The average molecular weight is 539 g/mol. The minimum Gasteiger partial charge on any atom is -0.466 e. The van der Waals surface area contributed by atoms with Crippen LogP contribution in [0.15, 0.2) is 0 Å². The van der Waals surface area contributed by atoms with Gasteiger partial charge >= 0.3 is 11.9 Å². The van der Waals surface area contributed by atoms with E-state index in [0.717, 1.165) is 12.8 Å². The second-order valence-corrected chi connectivity index (χ2v) is 11.3. The largest absolute Gasteiger partial charge is 0.466 e. The molecule has 0 atom stereocenters. The second kappa shape index (κ2) is 32.2. The Bertz CT molecular complexity index is 447. The van der Waals surface area contributed by atoms with Gasteiger partial charge in [0, 0.05) is 12.8 Å². The van der Waals surface area contributed by atoms with Crippen LogP contribution in [0.1, 0.15) is 194 Å². The van der Waals surface area contributed by atoms with Gasteiger partial charge in [-0.2, -0.15) is 0 Å². The molecule has 0 saturated carbocycles. The van der Waals surface area contributed by atoms with E-state index in [2.05, 4.69) is 0 Å². The first kappa shape index (κ1) is 36.9. The van der Waals surface area contributed by atoms with E-state index in [1.54, 1.807) is 0 Å². The average Bonchev–Trinajstić information content (AvgIpc) is 2.90. The zero-order chi connectivity index (χ0) is 27.8. The topological polar surface area (TPSA) is 52.6 Å². The number of esters is 2. The van der Waals surface area contributed by atoms with Crippen LogP contribution in [0.25, 0.3) is 0 Å². The summed E-state index contributed by atoms with van der Waals surface area (Å²) in [5, 5.41) is 0. The Morgan fingerprint density at radius 1 is 0.316 bits per heavy atom. The van der Waals surface area contributed by atoms with Crippen LogP contribution >= 0.6 is 0 Å². The molecule has 0 aliphatic heterocycles. The number of hydrogen-bond acceptors (Lipinski definition) is 4. The Labute approximate surface area is 237 Å². The third-order valence-corrected chi connectivity index (χ3v) is 7.62. The van der Waals surface area contributed by atoms with Gasteiger partial charge in [0.2, 0.25) is 0 Å². The smallest absolute Gasteiger partial charge is 0.305 e. The Morgan fingerprint density at radius 2 is 0.474 bits per heavy atom. The fraction of sp³-hybridized carbons (Fsp3) is 0.941. The predicted molar refractivity (Wildman–Crippen MR) is 163 cm³/mol. The SMILES string of the molecule is CCOC(=O)CCCCCCCCCCCCCCCCCCCCCCCCCCCCC(=O)OCC. The van der Waals surface area contributed by atoms with Crippen LogP contribution < -0.4 is 0 Å². The quantitative estimate of drug-likeness (QED) is 0.0650. The van der Waals surface area contributed by atoms with Crippen LogP contribution in [0.2, 0.25) is 0 Å². The molecule has 38 heavy (non-hydrogen) atoms. The summed E-state index contributed by atoms with van der Waals surface area (Å²) in [6, 6.07) is 0. The summed E-state index contributed by atoms with van der Waals surface area (Å²) in [6.07, 6.45) is 36.2. The van der Waals surface area contributed by atoms with Gasteiger partial charge in [0.05, 0.1) is 13.2 Å². The van der Waals surface area contributed by atoms with Crippen molar-refractivity contribution in [2.75, 3.05) is 13.2 Å². The molecule has 0 aromatic rings. The zero-order valence-electron chi connectivity index (χ0n) is 25.8. The molecule has 0 rings (SSSR count). The highest BCUT2D eigenvalue weighted by molar-refractivity contribution is 5.69. The lowest BCUT2D eigenvalue weighted by molar-refractivity contribution is -0.144. The van der Waals surface area contributed by atoms with E-state index in [4.69, 9.17) is 9.47 Å². The summed E-state index contributed by atoms with van der Waals surface area (Å²) >= 11 is 0. The minimum absolute atomic E-state index is 0.0331. The van der Waals surface area contributed by atoms with Crippen molar-refractivity contribution >= 4 is 11.9 Å². The number of hydrogen-bond donors (Lipinski definition) is 0. The van der Waals surface area contributed by atoms with Crippen molar-refractivity contribution in [3.8, 4) is 0 Å². The van der Waals surface area contributed by atoms with Gasteiger partial charge in [0.1, 0.15) is 0 Å². The summed E-state index contributed by atoms with van der Waals surface area (Å²) < 4.78 is 9.92. The summed E-state index contributed by atoms with van der Waals surface area (Å²) in [5.41, 5.74) is 0. The molecule has 0 aliphatic rings. The molecular formula is C34H66O4. The lowest BCUT2D eigenvalue weighted by atomic mass is 10.0. The third-order valence-electron chi connectivity index (χ3n) is 7.62. The van der Waals surface area contributed by atoms with Gasteiger partial charge in [-0.05, 0) is 26.7 Å². The number of carbonyl (C=O) groups excluding carboxylic acids is 2.